The summed E-state index contributed by atoms with van der Waals surface area (Å²) >= 11 is 0. The van der Waals surface area contributed by atoms with Gasteiger partial charge in [-0.2, -0.15) is 5.10 Å². The second-order valence-corrected chi connectivity index (χ2v) is 5.48. The minimum absolute atomic E-state index is 0.224. The number of rotatable bonds is 4. The summed E-state index contributed by atoms with van der Waals surface area (Å²) in [5, 5.41) is 6.74. The average Bonchev–Trinajstić information content (AvgIpc) is 3.03. The fraction of sp³-hybridized carbons (Fsp3) is 0.769. The summed E-state index contributed by atoms with van der Waals surface area (Å²) in [6.07, 6.45) is 1.53. The minimum Gasteiger partial charge on any atom is -0.378 e. The van der Waals surface area contributed by atoms with E-state index in [0.717, 1.165) is 51.6 Å². The summed E-state index contributed by atoms with van der Waals surface area (Å²) in [6, 6.07) is 0. The van der Waals surface area contributed by atoms with E-state index in [1.165, 1.54) is 6.33 Å². The number of aromatic nitrogens is 3. The first-order valence-electron chi connectivity index (χ1n) is 7.46. The second-order valence-electron chi connectivity index (χ2n) is 5.48. The SMILES string of the molecule is O=C(CN1CCN(Cc2ncn[nH]2)CC1)N1CCOCC1. The van der Waals surface area contributed by atoms with E-state index in [2.05, 4.69) is 25.0 Å². The Morgan fingerprint density at radius 2 is 1.86 bits per heavy atom. The maximum absolute atomic E-state index is 12.2. The largest absolute Gasteiger partial charge is 0.378 e. The lowest BCUT2D eigenvalue weighted by Crippen LogP contribution is -2.51. The van der Waals surface area contributed by atoms with Gasteiger partial charge in [-0.25, -0.2) is 4.98 Å². The Labute approximate surface area is 124 Å². The number of carbonyl (C=O) groups is 1. The zero-order valence-corrected chi connectivity index (χ0v) is 12.2. The monoisotopic (exact) mass is 294 g/mol. The van der Waals surface area contributed by atoms with Crippen molar-refractivity contribution in [3.05, 3.63) is 12.2 Å². The van der Waals surface area contributed by atoms with E-state index in [9.17, 15) is 4.79 Å². The molecule has 2 fully saturated rings. The van der Waals surface area contributed by atoms with E-state index in [0.29, 0.717) is 19.8 Å². The summed E-state index contributed by atoms with van der Waals surface area (Å²) in [5.41, 5.74) is 0. The van der Waals surface area contributed by atoms with Crippen LogP contribution in [0.5, 0.6) is 0 Å². The van der Waals surface area contributed by atoms with Crippen LogP contribution in [0.4, 0.5) is 0 Å². The molecule has 2 aliphatic heterocycles. The molecule has 0 radical (unpaired) electrons. The molecule has 0 spiro atoms. The third-order valence-corrected chi connectivity index (χ3v) is 4.03. The number of amides is 1. The lowest BCUT2D eigenvalue weighted by Gasteiger charge is -2.35. The first-order valence-corrected chi connectivity index (χ1v) is 7.46. The molecule has 0 aromatic carbocycles. The van der Waals surface area contributed by atoms with Gasteiger partial charge in [0.25, 0.3) is 0 Å². The third kappa shape index (κ3) is 3.99. The number of carbonyl (C=O) groups excluding carboxylic acids is 1. The van der Waals surface area contributed by atoms with Crippen molar-refractivity contribution in [1.82, 2.24) is 29.9 Å². The zero-order chi connectivity index (χ0) is 14.5. The molecule has 1 N–H and O–H groups in total. The van der Waals surface area contributed by atoms with Crippen molar-refractivity contribution < 1.29 is 9.53 Å². The molecule has 8 heteroatoms. The summed E-state index contributed by atoms with van der Waals surface area (Å²) < 4.78 is 5.28. The van der Waals surface area contributed by atoms with Crippen LogP contribution in [0, 0.1) is 0 Å². The van der Waals surface area contributed by atoms with Crippen LogP contribution in [0.15, 0.2) is 6.33 Å². The smallest absolute Gasteiger partial charge is 0.236 e. The van der Waals surface area contributed by atoms with Gasteiger partial charge in [-0.05, 0) is 0 Å². The molecule has 3 rings (SSSR count). The molecule has 3 heterocycles. The number of hydrogen-bond acceptors (Lipinski definition) is 6. The predicted molar refractivity (Wildman–Crippen MR) is 75.5 cm³/mol. The van der Waals surface area contributed by atoms with Crippen LogP contribution in [0.25, 0.3) is 0 Å². The molecule has 1 aromatic heterocycles. The first kappa shape index (κ1) is 14.4. The summed E-state index contributed by atoms with van der Waals surface area (Å²) in [6.45, 7) is 7.85. The number of hydrogen-bond donors (Lipinski definition) is 1. The summed E-state index contributed by atoms with van der Waals surface area (Å²) in [5.74, 6) is 1.12. The topological polar surface area (TPSA) is 77.6 Å². The normalized spacial score (nSPS) is 21.6. The molecule has 0 bridgehead atoms. The fourth-order valence-electron chi connectivity index (χ4n) is 2.73. The number of nitrogens with one attached hydrogen (secondary N) is 1. The predicted octanol–water partition coefficient (Wildman–Crippen LogP) is -1.22. The molecule has 1 aromatic rings. The van der Waals surface area contributed by atoms with E-state index >= 15 is 0 Å². The molecular weight excluding hydrogens is 272 g/mol. The van der Waals surface area contributed by atoms with Gasteiger partial charge in [0.1, 0.15) is 12.2 Å². The zero-order valence-electron chi connectivity index (χ0n) is 12.2. The summed E-state index contributed by atoms with van der Waals surface area (Å²) in [7, 11) is 0. The van der Waals surface area contributed by atoms with Crippen LogP contribution in [-0.2, 0) is 16.1 Å². The lowest BCUT2D eigenvalue weighted by molar-refractivity contribution is -0.136. The van der Waals surface area contributed by atoms with Crippen molar-refractivity contribution in [2.45, 2.75) is 6.54 Å². The number of piperazine rings is 1. The van der Waals surface area contributed by atoms with Gasteiger partial charge in [0, 0.05) is 39.3 Å². The summed E-state index contributed by atoms with van der Waals surface area (Å²) in [4.78, 5) is 22.8. The highest BCUT2D eigenvalue weighted by molar-refractivity contribution is 5.78. The molecule has 116 valence electrons. The standard InChI is InChI=1S/C13H22N6O2/c20-13(19-5-7-21-8-6-19)10-18-3-1-17(2-4-18)9-12-14-11-15-16-12/h11H,1-10H2,(H,14,15,16). The van der Waals surface area contributed by atoms with Crippen molar-refractivity contribution in [3.63, 3.8) is 0 Å². The Morgan fingerprint density at radius 3 is 2.52 bits per heavy atom. The molecule has 2 saturated heterocycles. The molecule has 8 nitrogen and oxygen atoms in total. The van der Waals surface area contributed by atoms with E-state index in [1.54, 1.807) is 0 Å². The van der Waals surface area contributed by atoms with Crippen LogP contribution >= 0.6 is 0 Å². The van der Waals surface area contributed by atoms with Gasteiger partial charge in [0.2, 0.25) is 5.91 Å². The van der Waals surface area contributed by atoms with Gasteiger partial charge in [-0.15, -0.1) is 0 Å². The first-order chi connectivity index (χ1) is 10.3. The van der Waals surface area contributed by atoms with E-state index < -0.39 is 0 Å². The number of morpholine rings is 1. The molecule has 1 amide bonds. The Bertz CT molecular complexity index is 438. The van der Waals surface area contributed by atoms with Gasteiger partial charge in [-0.1, -0.05) is 0 Å². The number of nitrogens with zero attached hydrogens (tertiary/aromatic N) is 5. The van der Waals surface area contributed by atoms with Crippen LogP contribution in [0.1, 0.15) is 5.82 Å². The Kier molecular flexibility index (Phi) is 4.79. The van der Waals surface area contributed by atoms with Crippen molar-refractivity contribution >= 4 is 5.91 Å². The fourth-order valence-corrected chi connectivity index (χ4v) is 2.73. The second kappa shape index (κ2) is 6.97. The number of ether oxygens (including phenoxy) is 1. The Balaban J connectivity index is 1.40. The van der Waals surface area contributed by atoms with Gasteiger partial charge in [0.15, 0.2) is 0 Å². The van der Waals surface area contributed by atoms with Crippen LogP contribution in [0.3, 0.4) is 0 Å². The molecule has 0 unspecified atom stereocenters. The van der Waals surface area contributed by atoms with E-state index in [4.69, 9.17) is 4.74 Å². The molecule has 0 saturated carbocycles. The molecule has 0 atom stereocenters. The van der Waals surface area contributed by atoms with Crippen LogP contribution < -0.4 is 0 Å². The van der Waals surface area contributed by atoms with Gasteiger partial charge in [0.05, 0.1) is 26.3 Å². The minimum atomic E-state index is 0.224. The number of H-pyrrole nitrogens is 1. The lowest BCUT2D eigenvalue weighted by atomic mass is 10.3. The van der Waals surface area contributed by atoms with Crippen molar-refractivity contribution in [3.8, 4) is 0 Å². The van der Waals surface area contributed by atoms with Crippen LogP contribution in [0.2, 0.25) is 0 Å². The highest BCUT2D eigenvalue weighted by Crippen LogP contribution is 2.06. The Hall–Kier alpha value is -1.51. The maximum Gasteiger partial charge on any atom is 0.236 e. The quantitative estimate of drug-likeness (QED) is 0.750. The van der Waals surface area contributed by atoms with Crippen LogP contribution in [-0.4, -0.2) is 94.8 Å². The van der Waals surface area contributed by atoms with Crippen molar-refractivity contribution in [1.29, 1.82) is 0 Å². The highest BCUT2D eigenvalue weighted by atomic mass is 16.5. The van der Waals surface area contributed by atoms with Gasteiger partial charge < -0.3 is 9.64 Å². The average molecular weight is 294 g/mol. The van der Waals surface area contributed by atoms with Crippen molar-refractivity contribution in [2.75, 3.05) is 59.0 Å². The Morgan fingerprint density at radius 1 is 1.14 bits per heavy atom. The van der Waals surface area contributed by atoms with Gasteiger partial charge in [-0.3, -0.25) is 19.7 Å². The third-order valence-electron chi connectivity index (χ3n) is 4.03. The maximum atomic E-state index is 12.2. The molecule has 2 aliphatic rings. The van der Waals surface area contributed by atoms with Crippen molar-refractivity contribution in [2.24, 2.45) is 0 Å². The molecule has 0 aliphatic carbocycles. The van der Waals surface area contributed by atoms with E-state index in [-0.39, 0.29) is 5.91 Å². The molecular formula is C13H22N6O2. The number of aromatic amines is 1. The van der Waals surface area contributed by atoms with Gasteiger partial charge >= 0.3 is 0 Å². The van der Waals surface area contributed by atoms with E-state index in [1.807, 2.05) is 4.90 Å². The highest BCUT2D eigenvalue weighted by Gasteiger charge is 2.23. The molecule has 21 heavy (non-hydrogen) atoms.